The van der Waals surface area contributed by atoms with Gasteiger partial charge in [0.15, 0.2) is 0 Å². The van der Waals surface area contributed by atoms with Crippen LogP contribution in [-0.2, 0) is 16.1 Å². The molecule has 2 aromatic heterocycles. The first-order valence-electron chi connectivity index (χ1n) is 9.51. The second-order valence-corrected chi connectivity index (χ2v) is 7.06. The number of methoxy groups -OCH3 is 1. The van der Waals surface area contributed by atoms with Gasteiger partial charge in [0.25, 0.3) is 0 Å². The first-order chi connectivity index (χ1) is 14.5. The monoisotopic (exact) mass is 406 g/mol. The minimum Gasteiger partial charge on any atom is -0.420 e. The zero-order valence-electron chi connectivity index (χ0n) is 16.7. The lowest BCUT2D eigenvalue weighted by molar-refractivity contribution is -0.121. The van der Waals surface area contributed by atoms with Gasteiger partial charge in [-0.3, -0.25) is 9.89 Å². The molecule has 1 aromatic carbocycles. The third-order valence-corrected chi connectivity index (χ3v) is 5.20. The molecule has 9 heteroatoms. The molecule has 1 unspecified atom stereocenters. The molecule has 1 amide bonds. The Morgan fingerprint density at radius 2 is 2.27 bits per heavy atom. The molecule has 1 aliphatic heterocycles. The van der Waals surface area contributed by atoms with Crippen LogP contribution in [0.3, 0.4) is 0 Å². The van der Waals surface area contributed by atoms with Gasteiger partial charge in [0.05, 0.1) is 12.5 Å². The Morgan fingerprint density at radius 3 is 3.03 bits per heavy atom. The van der Waals surface area contributed by atoms with Crippen molar-refractivity contribution in [3.8, 4) is 11.9 Å². The summed E-state index contributed by atoms with van der Waals surface area (Å²) in [7, 11) is 1.59. The van der Waals surface area contributed by atoms with Crippen LogP contribution in [-0.4, -0.2) is 40.9 Å². The van der Waals surface area contributed by atoms with Crippen LogP contribution in [0.4, 0.5) is 0 Å². The number of ether oxygens (including phenoxy) is 2. The fourth-order valence-corrected chi connectivity index (χ4v) is 3.85. The minimum absolute atomic E-state index is 0.0376. The number of H-pyrrole nitrogens is 1. The van der Waals surface area contributed by atoms with Gasteiger partial charge in [0, 0.05) is 42.0 Å². The topological polar surface area (TPSA) is 131 Å². The lowest BCUT2D eigenvalue weighted by Crippen LogP contribution is -2.30. The van der Waals surface area contributed by atoms with E-state index in [2.05, 4.69) is 21.6 Å². The summed E-state index contributed by atoms with van der Waals surface area (Å²) in [5.74, 6) is -0.166. The van der Waals surface area contributed by atoms with Crippen LogP contribution < -0.4 is 15.8 Å². The average Bonchev–Trinajstić information content (AvgIpc) is 3.28. The van der Waals surface area contributed by atoms with Crippen molar-refractivity contribution in [2.45, 2.75) is 19.4 Å². The standard InChI is InChI=1S/C21H22N6O3/c1-12-18-19(14(9-22)20(23)30-21(18)26-25-12)15-10-27(11-17(28)24-7-8-29-2)16-6-4-3-5-13(15)16/h3-6,10,19H,7-8,11,23H2,1-2H3,(H,24,28)(H,25,26). The molecule has 30 heavy (non-hydrogen) atoms. The van der Waals surface area contributed by atoms with Crippen molar-refractivity contribution in [3.63, 3.8) is 0 Å². The maximum atomic E-state index is 12.4. The minimum atomic E-state index is -0.444. The Balaban J connectivity index is 1.81. The van der Waals surface area contributed by atoms with Crippen molar-refractivity contribution in [1.82, 2.24) is 20.1 Å². The summed E-state index contributed by atoms with van der Waals surface area (Å²) >= 11 is 0. The van der Waals surface area contributed by atoms with Gasteiger partial charge in [0.1, 0.15) is 18.2 Å². The van der Waals surface area contributed by atoms with E-state index in [-0.39, 0.29) is 18.3 Å². The van der Waals surface area contributed by atoms with Crippen molar-refractivity contribution in [2.24, 2.45) is 5.73 Å². The highest BCUT2D eigenvalue weighted by atomic mass is 16.5. The number of carbonyl (C=O) groups excluding carboxylic acids is 1. The maximum absolute atomic E-state index is 12.4. The van der Waals surface area contributed by atoms with E-state index in [4.69, 9.17) is 15.2 Å². The van der Waals surface area contributed by atoms with E-state index >= 15 is 0 Å². The molecule has 0 spiro atoms. The number of hydrogen-bond donors (Lipinski definition) is 3. The SMILES string of the molecule is COCCNC(=O)Cn1cc(C2C(C#N)=C(N)Oc3n[nH]c(C)c32)c2ccccc21. The largest absolute Gasteiger partial charge is 0.420 e. The van der Waals surface area contributed by atoms with E-state index in [1.165, 1.54) is 0 Å². The normalized spacial score (nSPS) is 15.6. The van der Waals surface area contributed by atoms with Crippen molar-refractivity contribution >= 4 is 16.8 Å². The Hall–Kier alpha value is -3.77. The zero-order valence-corrected chi connectivity index (χ0v) is 16.7. The number of rotatable bonds is 6. The fourth-order valence-electron chi connectivity index (χ4n) is 3.85. The van der Waals surface area contributed by atoms with Gasteiger partial charge in [-0.1, -0.05) is 18.2 Å². The van der Waals surface area contributed by atoms with Crippen LogP contribution in [0.2, 0.25) is 0 Å². The van der Waals surface area contributed by atoms with Gasteiger partial charge < -0.3 is 25.1 Å². The summed E-state index contributed by atoms with van der Waals surface area (Å²) in [6.45, 7) is 2.91. The highest BCUT2D eigenvalue weighted by Crippen LogP contribution is 2.45. The first kappa shape index (κ1) is 19.5. The molecule has 0 fully saturated rings. The maximum Gasteiger partial charge on any atom is 0.244 e. The van der Waals surface area contributed by atoms with E-state index in [1.54, 1.807) is 7.11 Å². The molecule has 0 bridgehead atoms. The average molecular weight is 406 g/mol. The fraction of sp³-hybridized carbons (Fsp3) is 0.286. The quantitative estimate of drug-likeness (QED) is 0.534. The molecular formula is C21H22N6O3. The molecule has 4 N–H and O–H groups in total. The van der Waals surface area contributed by atoms with E-state index < -0.39 is 5.92 Å². The third kappa shape index (κ3) is 3.27. The lowest BCUT2D eigenvalue weighted by atomic mass is 9.84. The molecule has 0 saturated heterocycles. The van der Waals surface area contributed by atoms with Crippen molar-refractivity contribution in [3.05, 3.63) is 58.7 Å². The number of nitrogens with zero attached hydrogens (tertiary/aromatic N) is 3. The number of amides is 1. The van der Waals surface area contributed by atoms with Crippen LogP contribution >= 0.6 is 0 Å². The van der Waals surface area contributed by atoms with Crippen molar-refractivity contribution in [1.29, 1.82) is 5.26 Å². The predicted molar refractivity (Wildman–Crippen MR) is 109 cm³/mol. The summed E-state index contributed by atoms with van der Waals surface area (Å²) in [5, 5.41) is 20.7. The first-order valence-corrected chi connectivity index (χ1v) is 9.51. The number of nitrogens with two attached hydrogens (primary N) is 1. The summed E-state index contributed by atoms with van der Waals surface area (Å²) in [5.41, 5.74) is 9.68. The van der Waals surface area contributed by atoms with E-state index in [0.29, 0.717) is 24.6 Å². The number of allylic oxidation sites excluding steroid dienone is 1. The Bertz CT molecular complexity index is 1180. The molecule has 4 rings (SSSR count). The molecule has 1 aliphatic rings. The predicted octanol–water partition coefficient (Wildman–Crippen LogP) is 1.65. The molecule has 154 valence electrons. The molecule has 0 aliphatic carbocycles. The van der Waals surface area contributed by atoms with E-state index in [1.807, 2.05) is 42.0 Å². The number of nitriles is 1. The summed E-state index contributed by atoms with van der Waals surface area (Å²) in [6, 6.07) is 9.96. The molecule has 3 aromatic rings. The number of fused-ring (bicyclic) bond motifs is 2. The van der Waals surface area contributed by atoms with Gasteiger partial charge in [-0.15, -0.1) is 5.10 Å². The van der Waals surface area contributed by atoms with Crippen LogP contribution in [0.1, 0.15) is 22.7 Å². The summed E-state index contributed by atoms with van der Waals surface area (Å²) in [6.07, 6.45) is 1.90. The van der Waals surface area contributed by atoms with E-state index in [9.17, 15) is 10.1 Å². The Morgan fingerprint density at radius 1 is 1.47 bits per heavy atom. The van der Waals surface area contributed by atoms with Crippen LogP contribution in [0, 0.1) is 18.3 Å². The van der Waals surface area contributed by atoms with Crippen LogP contribution in [0.15, 0.2) is 41.9 Å². The van der Waals surface area contributed by atoms with Crippen LogP contribution in [0.25, 0.3) is 10.9 Å². The molecule has 3 heterocycles. The zero-order chi connectivity index (χ0) is 21.3. The summed E-state index contributed by atoms with van der Waals surface area (Å²) in [4.78, 5) is 12.4. The second-order valence-electron chi connectivity index (χ2n) is 7.06. The number of aryl methyl sites for hydroxylation is 1. The van der Waals surface area contributed by atoms with Gasteiger partial charge >= 0.3 is 0 Å². The smallest absolute Gasteiger partial charge is 0.244 e. The van der Waals surface area contributed by atoms with Gasteiger partial charge in [-0.05, 0) is 18.6 Å². The summed E-state index contributed by atoms with van der Waals surface area (Å²) < 4.78 is 12.4. The van der Waals surface area contributed by atoms with Crippen molar-refractivity contribution < 1.29 is 14.3 Å². The number of aromatic nitrogens is 3. The number of para-hydroxylation sites is 1. The third-order valence-electron chi connectivity index (χ3n) is 5.20. The van der Waals surface area contributed by atoms with Gasteiger partial charge in [-0.2, -0.15) is 5.26 Å². The Labute approximate surface area is 173 Å². The van der Waals surface area contributed by atoms with Gasteiger partial charge in [-0.25, -0.2) is 0 Å². The highest BCUT2D eigenvalue weighted by Gasteiger charge is 2.36. The highest BCUT2D eigenvalue weighted by molar-refractivity contribution is 5.88. The molecule has 1 atom stereocenters. The number of aromatic amines is 1. The number of carbonyl (C=O) groups is 1. The van der Waals surface area contributed by atoms with Crippen molar-refractivity contribution in [2.75, 3.05) is 20.3 Å². The van der Waals surface area contributed by atoms with Crippen LogP contribution in [0.5, 0.6) is 5.88 Å². The Kier molecular flexibility index (Phi) is 5.16. The second kappa shape index (κ2) is 7.93. The molecular weight excluding hydrogens is 384 g/mol. The number of benzene rings is 1. The molecule has 0 radical (unpaired) electrons. The number of hydrogen-bond acceptors (Lipinski definition) is 6. The van der Waals surface area contributed by atoms with Gasteiger partial charge in [0.2, 0.25) is 17.7 Å². The molecule has 0 saturated carbocycles. The molecule has 9 nitrogen and oxygen atoms in total. The number of nitrogens with one attached hydrogen (secondary N) is 2. The van der Waals surface area contributed by atoms with E-state index in [0.717, 1.165) is 27.7 Å². The lowest BCUT2D eigenvalue weighted by Gasteiger charge is -2.23.